The fourth-order valence-electron chi connectivity index (χ4n) is 1.40. The normalized spacial score (nSPS) is 15.1. The molecule has 1 rings (SSSR count). The Bertz CT molecular complexity index is 248. The second-order valence-electron chi connectivity index (χ2n) is 3.62. The fourth-order valence-corrected chi connectivity index (χ4v) is 1.40. The van der Waals surface area contributed by atoms with Crippen LogP contribution in [-0.2, 0) is 0 Å². The SMILES string of the molecule is CCC(C)NC(CO)c1ccccc1. The van der Waals surface area contributed by atoms with Crippen LogP contribution < -0.4 is 5.32 Å². The molecule has 0 aliphatic carbocycles. The van der Waals surface area contributed by atoms with Crippen LogP contribution in [0.3, 0.4) is 0 Å². The Hall–Kier alpha value is -0.860. The summed E-state index contributed by atoms with van der Waals surface area (Å²) in [6, 6.07) is 10.6. The monoisotopic (exact) mass is 193 g/mol. The lowest BCUT2D eigenvalue weighted by molar-refractivity contribution is 0.234. The highest BCUT2D eigenvalue weighted by atomic mass is 16.3. The highest BCUT2D eigenvalue weighted by Gasteiger charge is 2.11. The first-order valence-electron chi connectivity index (χ1n) is 5.19. The summed E-state index contributed by atoms with van der Waals surface area (Å²) in [4.78, 5) is 0. The van der Waals surface area contributed by atoms with Gasteiger partial charge in [-0.2, -0.15) is 0 Å². The predicted molar refractivity (Wildman–Crippen MR) is 59.2 cm³/mol. The van der Waals surface area contributed by atoms with Gasteiger partial charge in [0.15, 0.2) is 0 Å². The number of rotatable bonds is 5. The molecule has 0 bridgehead atoms. The third-order valence-electron chi connectivity index (χ3n) is 2.48. The lowest BCUT2D eigenvalue weighted by atomic mass is 10.1. The average molecular weight is 193 g/mol. The second kappa shape index (κ2) is 5.78. The molecule has 0 aliphatic rings. The lowest BCUT2D eigenvalue weighted by Gasteiger charge is -2.20. The molecule has 2 heteroatoms. The molecule has 78 valence electrons. The average Bonchev–Trinajstić information content (AvgIpc) is 2.26. The molecule has 0 amide bonds. The standard InChI is InChI=1S/C12H19NO/c1-3-10(2)13-12(9-14)11-7-5-4-6-8-11/h4-8,10,12-14H,3,9H2,1-2H3. The van der Waals surface area contributed by atoms with E-state index in [0.29, 0.717) is 6.04 Å². The first-order chi connectivity index (χ1) is 6.77. The molecule has 0 spiro atoms. The molecule has 2 N–H and O–H groups in total. The van der Waals surface area contributed by atoms with Crippen molar-refractivity contribution in [1.29, 1.82) is 0 Å². The van der Waals surface area contributed by atoms with Crippen LogP contribution in [0, 0.1) is 0 Å². The van der Waals surface area contributed by atoms with Gasteiger partial charge in [-0.3, -0.25) is 0 Å². The number of hydrogen-bond acceptors (Lipinski definition) is 2. The summed E-state index contributed by atoms with van der Waals surface area (Å²) in [5.74, 6) is 0. The van der Waals surface area contributed by atoms with Crippen molar-refractivity contribution in [2.24, 2.45) is 0 Å². The topological polar surface area (TPSA) is 32.3 Å². The van der Waals surface area contributed by atoms with E-state index in [9.17, 15) is 5.11 Å². The third kappa shape index (κ3) is 3.13. The van der Waals surface area contributed by atoms with Crippen LogP contribution in [0.1, 0.15) is 31.9 Å². The zero-order valence-electron chi connectivity index (χ0n) is 8.90. The van der Waals surface area contributed by atoms with Gasteiger partial charge >= 0.3 is 0 Å². The molecule has 0 saturated carbocycles. The van der Waals surface area contributed by atoms with Crippen LogP contribution in [0.15, 0.2) is 30.3 Å². The van der Waals surface area contributed by atoms with Crippen molar-refractivity contribution in [3.05, 3.63) is 35.9 Å². The van der Waals surface area contributed by atoms with Crippen molar-refractivity contribution in [1.82, 2.24) is 5.32 Å². The van der Waals surface area contributed by atoms with E-state index < -0.39 is 0 Å². The summed E-state index contributed by atoms with van der Waals surface area (Å²) in [6.45, 7) is 4.41. The van der Waals surface area contributed by atoms with Gasteiger partial charge in [-0.1, -0.05) is 37.3 Å². The van der Waals surface area contributed by atoms with Crippen LogP contribution in [-0.4, -0.2) is 17.8 Å². The third-order valence-corrected chi connectivity index (χ3v) is 2.48. The van der Waals surface area contributed by atoms with E-state index >= 15 is 0 Å². The number of nitrogens with one attached hydrogen (secondary N) is 1. The molecule has 0 radical (unpaired) electrons. The lowest BCUT2D eigenvalue weighted by Crippen LogP contribution is -2.32. The van der Waals surface area contributed by atoms with E-state index in [1.807, 2.05) is 30.3 Å². The summed E-state index contributed by atoms with van der Waals surface area (Å²) < 4.78 is 0. The number of benzene rings is 1. The molecule has 2 unspecified atom stereocenters. The summed E-state index contributed by atoms with van der Waals surface area (Å²) in [6.07, 6.45) is 1.07. The maximum atomic E-state index is 9.26. The molecule has 0 heterocycles. The molecule has 1 aromatic rings. The zero-order valence-corrected chi connectivity index (χ0v) is 8.90. The summed E-state index contributed by atoms with van der Waals surface area (Å²) >= 11 is 0. The molecule has 0 aromatic heterocycles. The highest BCUT2D eigenvalue weighted by Crippen LogP contribution is 2.12. The van der Waals surface area contributed by atoms with E-state index in [4.69, 9.17) is 0 Å². The summed E-state index contributed by atoms with van der Waals surface area (Å²) in [7, 11) is 0. The predicted octanol–water partition coefficient (Wildman–Crippen LogP) is 2.11. The van der Waals surface area contributed by atoms with Crippen molar-refractivity contribution in [3.63, 3.8) is 0 Å². The van der Waals surface area contributed by atoms with Crippen molar-refractivity contribution in [3.8, 4) is 0 Å². The molecule has 0 aliphatic heterocycles. The van der Waals surface area contributed by atoms with Gasteiger partial charge in [0.05, 0.1) is 12.6 Å². The fraction of sp³-hybridized carbons (Fsp3) is 0.500. The Balaban J connectivity index is 2.63. The number of aliphatic hydroxyl groups is 1. The largest absolute Gasteiger partial charge is 0.394 e. The van der Waals surface area contributed by atoms with E-state index in [0.717, 1.165) is 12.0 Å². The molecular weight excluding hydrogens is 174 g/mol. The Morgan fingerprint density at radius 3 is 2.43 bits per heavy atom. The van der Waals surface area contributed by atoms with Crippen LogP contribution in [0.2, 0.25) is 0 Å². The van der Waals surface area contributed by atoms with E-state index in [-0.39, 0.29) is 12.6 Å². The summed E-state index contributed by atoms with van der Waals surface area (Å²) in [5.41, 5.74) is 1.15. The minimum Gasteiger partial charge on any atom is -0.394 e. The van der Waals surface area contributed by atoms with Gasteiger partial charge in [-0.25, -0.2) is 0 Å². The van der Waals surface area contributed by atoms with Crippen LogP contribution in [0.5, 0.6) is 0 Å². The van der Waals surface area contributed by atoms with Gasteiger partial charge < -0.3 is 10.4 Å². The molecule has 2 atom stereocenters. The van der Waals surface area contributed by atoms with Crippen molar-refractivity contribution in [2.75, 3.05) is 6.61 Å². The van der Waals surface area contributed by atoms with Crippen molar-refractivity contribution < 1.29 is 5.11 Å². The maximum absolute atomic E-state index is 9.26. The first kappa shape index (κ1) is 11.2. The van der Waals surface area contributed by atoms with Crippen LogP contribution >= 0.6 is 0 Å². The Morgan fingerprint density at radius 1 is 1.29 bits per heavy atom. The number of aliphatic hydroxyl groups excluding tert-OH is 1. The van der Waals surface area contributed by atoms with E-state index in [1.165, 1.54) is 0 Å². The number of hydrogen-bond donors (Lipinski definition) is 2. The van der Waals surface area contributed by atoms with Gasteiger partial charge in [0, 0.05) is 6.04 Å². The summed E-state index contributed by atoms with van der Waals surface area (Å²) in [5, 5.41) is 12.6. The van der Waals surface area contributed by atoms with Crippen molar-refractivity contribution >= 4 is 0 Å². The first-order valence-corrected chi connectivity index (χ1v) is 5.19. The van der Waals surface area contributed by atoms with Gasteiger partial charge in [0.1, 0.15) is 0 Å². The quantitative estimate of drug-likeness (QED) is 0.750. The Kier molecular flexibility index (Phi) is 4.63. The zero-order chi connectivity index (χ0) is 10.4. The van der Waals surface area contributed by atoms with E-state index in [1.54, 1.807) is 0 Å². The molecular formula is C12H19NO. The smallest absolute Gasteiger partial charge is 0.0626 e. The molecule has 0 saturated heterocycles. The van der Waals surface area contributed by atoms with Gasteiger partial charge in [0.25, 0.3) is 0 Å². The Labute approximate surface area is 86.0 Å². The van der Waals surface area contributed by atoms with Crippen LogP contribution in [0.4, 0.5) is 0 Å². The van der Waals surface area contributed by atoms with Crippen LogP contribution in [0.25, 0.3) is 0 Å². The molecule has 2 nitrogen and oxygen atoms in total. The highest BCUT2D eigenvalue weighted by molar-refractivity contribution is 5.18. The Morgan fingerprint density at radius 2 is 1.93 bits per heavy atom. The second-order valence-corrected chi connectivity index (χ2v) is 3.62. The molecule has 1 aromatic carbocycles. The minimum absolute atomic E-state index is 0.0612. The van der Waals surface area contributed by atoms with E-state index in [2.05, 4.69) is 19.2 Å². The molecule has 14 heavy (non-hydrogen) atoms. The van der Waals surface area contributed by atoms with Gasteiger partial charge in [-0.05, 0) is 18.9 Å². The minimum atomic E-state index is 0.0612. The molecule has 0 fully saturated rings. The van der Waals surface area contributed by atoms with Crippen molar-refractivity contribution in [2.45, 2.75) is 32.4 Å². The maximum Gasteiger partial charge on any atom is 0.0626 e. The van der Waals surface area contributed by atoms with Gasteiger partial charge in [0.2, 0.25) is 0 Å². The van der Waals surface area contributed by atoms with Gasteiger partial charge in [-0.15, -0.1) is 0 Å².